The van der Waals surface area contributed by atoms with Crippen molar-refractivity contribution in [2.45, 2.75) is 59.8 Å². The standard InChI is InChI=1S/C32H39NO9S/c1-17-12-10-13-24(16-17)43(37,38)33-14-11-15-41-27-20(4)19(3)26(30(40-9)22(27)6)32(36)42-28-21(5)18(2)25(31(34)35)29(39-8)23(28)7/h10,12-13,16,33H,11,14-15H2,1-9H3,(H,34,35). The smallest absolute Gasteiger partial charge is 0.347 e. The van der Waals surface area contributed by atoms with E-state index in [0.29, 0.717) is 45.6 Å². The van der Waals surface area contributed by atoms with Crippen molar-refractivity contribution >= 4 is 22.0 Å². The number of aryl methyl sites for hydroxylation is 1. The third-order valence-corrected chi connectivity index (χ3v) is 9.01. The Balaban J connectivity index is 1.83. The Morgan fingerprint density at radius 3 is 1.91 bits per heavy atom. The summed E-state index contributed by atoms with van der Waals surface area (Å²) < 4.78 is 50.7. The van der Waals surface area contributed by atoms with Crippen LogP contribution in [-0.2, 0) is 10.0 Å². The highest BCUT2D eigenvalue weighted by molar-refractivity contribution is 7.89. The summed E-state index contributed by atoms with van der Waals surface area (Å²) in [5.41, 5.74) is 4.28. The molecular weight excluding hydrogens is 574 g/mol. The molecule has 0 amide bonds. The zero-order chi connectivity index (χ0) is 32.2. The molecule has 0 aliphatic carbocycles. The number of carbonyl (C=O) groups is 2. The van der Waals surface area contributed by atoms with E-state index in [1.807, 2.05) is 19.9 Å². The van der Waals surface area contributed by atoms with Gasteiger partial charge in [-0.2, -0.15) is 0 Å². The highest BCUT2D eigenvalue weighted by Crippen LogP contribution is 2.41. The molecule has 11 heteroatoms. The second kappa shape index (κ2) is 13.5. The fourth-order valence-electron chi connectivity index (χ4n) is 5.05. The van der Waals surface area contributed by atoms with E-state index < -0.39 is 22.0 Å². The van der Waals surface area contributed by atoms with Crippen LogP contribution < -0.4 is 23.7 Å². The maximum Gasteiger partial charge on any atom is 0.347 e. The number of nitrogens with one attached hydrogen (secondary N) is 1. The maximum absolute atomic E-state index is 13.6. The molecule has 0 aliphatic heterocycles. The summed E-state index contributed by atoms with van der Waals surface area (Å²) in [5.74, 6) is -0.656. The van der Waals surface area contributed by atoms with Gasteiger partial charge in [0.25, 0.3) is 0 Å². The average molecular weight is 614 g/mol. The van der Waals surface area contributed by atoms with Crippen molar-refractivity contribution in [3.63, 3.8) is 0 Å². The monoisotopic (exact) mass is 613 g/mol. The van der Waals surface area contributed by atoms with E-state index in [0.717, 1.165) is 5.56 Å². The summed E-state index contributed by atoms with van der Waals surface area (Å²) in [7, 11) is -0.821. The molecule has 2 N–H and O–H groups in total. The Hall–Kier alpha value is -4.09. The van der Waals surface area contributed by atoms with Gasteiger partial charge >= 0.3 is 11.9 Å². The largest absolute Gasteiger partial charge is 0.495 e. The van der Waals surface area contributed by atoms with E-state index in [2.05, 4.69) is 4.72 Å². The zero-order valence-corrected chi connectivity index (χ0v) is 26.9. The number of hydrogen-bond donors (Lipinski definition) is 2. The number of aromatic carboxylic acids is 1. The first-order chi connectivity index (χ1) is 20.2. The van der Waals surface area contributed by atoms with Crippen LogP contribution in [0.25, 0.3) is 0 Å². The van der Waals surface area contributed by atoms with Crippen molar-refractivity contribution in [2.24, 2.45) is 0 Å². The van der Waals surface area contributed by atoms with Crippen LogP contribution in [0.4, 0.5) is 0 Å². The Kier molecular flexibility index (Phi) is 10.5. The minimum atomic E-state index is -3.64. The van der Waals surface area contributed by atoms with E-state index in [9.17, 15) is 23.1 Å². The van der Waals surface area contributed by atoms with Crippen LogP contribution in [0.3, 0.4) is 0 Å². The average Bonchev–Trinajstić information content (AvgIpc) is 2.95. The van der Waals surface area contributed by atoms with E-state index in [-0.39, 0.29) is 46.4 Å². The highest BCUT2D eigenvalue weighted by atomic mass is 32.2. The van der Waals surface area contributed by atoms with Crippen molar-refractivity contribution in [2.75, 3.05) is 27.4 Å². The molecule has 0 atom stereocenters. The quantitative estimate of drug-likeness (QED) is 0.153. The van der Waals surface area contributed by atoms with Gasteiger partial charge in [-0.15, -0.1) is 0 Å². The summed E-state index contributed by atoms with van der Waals surface area (Å²) in [4.78, 5) is 25.7. The third kappa shape index (κ3) is 6.78. The molecule has 10 nitrogen and oxygen atoms in total. The van der Waals surface area contributed by atoms with Gasteiger partial charge in [0.15, 0.2) is 0 Å². The minimum Gasteiger partial charge on any atom is -0.495 e. The summed E-state index contributed by atoms with van der Waals surface area (Å²) >= 11 is 0. The number of rotatable bonds is 12. The number of carboxylic acid groups (broad SMARTS) is 1. The van der Waals surface area contributed by atoms with Crippen LogP contribution in [-0.4, -0.2) is 52.8 Å². The number of methoxy groups -OCH3 is 2. The Labute approximate surface area is 253 Å². The number of benzene rings is 3. The van der Waals surface area contributed by atoms with Gasteiger partial charge in [0, 0.05) is 17.7 Å². The molecule has 0 unspecified atom stereocenters. The van der Waals surface area contributed by atoms with E-state index >= 15 is 0 Å². The first-order valence-electron chi connectivity index (χ1n) is 13.7. The number of ether oxygens (including phenoxy) is 4. The molecule has 0 saturated carbocycles. The molecule has 0 saturated heterocycles. The molecule has 0 radical (unpaired) electrons. The lowest BCUT2D eigenvalue weighted by Gasteiger charge is -2.22. The molecule has 0 bridgehead atoms. The fraction of sp³-hybridized carbons (Fsp3) is 0.375. The van der Waals surface area contributed by atoms with E-state index in [1.165, 1.54) is 14.2 Å². The van der Waals surface area contributed by atoms with Crippen molar-refractivity contribution in [3.8, 4) is 23.0 Å². The van der Waals surface area contributed by atoms with Gasteiger partial charge < -0.3 is 24.1 Å². The second-order valence-corrected chi connectivity index (χ2v) is 12.1. The van der Waals surface area contributed by atoms with Gasteiger partial charge in [-0.05, 0) is 94.8 Å². The van der Waals surface area contributed by atoms with Crippen LogP contribution in [0.1, 0.15) is 66.1 Å². The molecular formula is C32H39NO9S. The molecule has 0 aromatic heterocycles. The molecule has 0 spiro atoms. The molecule has 3 aromatic rings. The molecule has 0 fully saturated rings. The first kappa shape index (κ1) is 33.4. The fourth-order valence-corrected chi connectivity index (χ4v) is 6.22. The van der Waals surface area contributed by atoms with E-state index in [1.54, 1.807) is 52.8 Å². The lowest BCUT2D eigenvalue weighted by Crippen LogP contribution is -2.26. The second-order valence-electron chi connectivity index (χ2n) is 10.3. The first-order valence-corrected chi connectivity index (χ1v) is 15.2. The van der Waals surface area contributed by atoms with Crippen LogP contribution >= 0.6 is 0 Å². The van der Waals surface area contributed by atoms with Crippen LogP contribution in [0.5, 0.6) is 23.0 Å². The van der Waals surface area contributed by atoms with Crippen LogP contribution in [0.2, 0.25) is 0 Å². The summed E-state index contributed by atoms with van der Waals surface area (Å²) in [6.45, 7) is 12.5. The molecule has 3 aromatic carbocycles. The van der Waals surface area contributed by atoms with Crippen LogP contribution in [0, 0.1) is 48.5 Å². The number of esters is 1. The van der Waals surface area contributed by atoms with Gasteiger partial charge in [-0.3, -0.25) is 0 Å². The predicted molar refractivity (Wildman–Crippen MR) is 163 cm³/mol. The summed E-state index contributed by atoms with van der Waals surface area (Å²) in [6.07, 6.45) is 0.404. The number of hydrogen-bond acceptors (Lipinski definition) is 8. The molecule has 232 valence electrons. The van der Waals surface area contributed by atoms with Crippen molar-refractivity contribution < 1.29 is 42.1 Å². The SMILES string of the molecule is COc1c(C)c(OC(=O)c2c(C)c(C)c(OCCCNS(=O)(=O)c3cccc(C)c3)c(C)c2OC)c(C)c(C)c1C(=O)O. The van der Waals surface area contributed by atoms with Gasteiger partial charge in [0.1, 0.15) is 34.1 Å². The Bertz CT molecular complexity index is 1680. The van der Waals surface area contributed by atoms with Crippen molar-refractivity contribution in [1.29, 1.82) is 0 Å². The van der Waals surface area contributed by atoms with Crippen molar-refractivity contribution in [1.82, 2.24) is 4.72 Å². The molecule has 0 aliphatic rings. The van der Waals surface area contributed by atoms with Crippen LogP contribution in [0.15, 0.2) is 29.2 Å². The lowest BCUT2D eigenvalue weighted by molar-refractivity contribution is 0.0692. The normalized spacial score (nSPS) is 11.3. The predicted octanol–water partition coefficient (Wildman–Crippen LogP) is 5.53. The maximum atomic E-state index is 13.6. The molecule has 43 heavy (non-hydrogen) atoms. The van der Waals surface area contributed by atoms with Gasteiger partial charge in [-0.25, -0.2) is 22.7 Å². The lowest BCUT2D eigenvalue weighted by atomic mass is 9.96. The number of sulfonamides is 1. The van der Waals surface area contributed by atoms with Gasteiger partial charge in [-0.1, -0.05) is 12.1 Å². The van der Waals surface area contributed by atoms with Gasteiger partial charge in [0.05, 0.1) is 25.7 Å². The molecule has 3 rings (SSSR count). The zero-order valence-electron chi connectivity index (χ0n) is 26.1. The summed E-state index contributed by atoms with van der Waals surface area (Å²) in [6, 6.07) is 6.69. The Morgan fingerprint density at radius 2 is 1.33 bits per heavy atom. The minimum absolute atomic E-state index is 0.0159. The summed E-state index contributed by atoms with van der Waals surface area (Å²) in [5, 5.41) is 9.71. The van der Waals surface area contributed by atoms with E-state index in [4.69, 9.17) is 18.9 Å². The highest BCUT2D eigenvalue weighted by Gasteiger charge is 2.29. The topological polar surface area (TPSA) is 137 Å². The number of carboxylic acids is 1. The third-order valence-electron chi connectivity index (χ3n) is 7.55. The number of carbonyl (C=O) groups excluding carboxylic acids is 1. The molecule has 0 heterocycles. The Morgan fingerprint density at radius 1 is 0.767 bits per heavy atom. The van der Waals surface area contributed by atoms with Gasteiger partial charge in [0.2, 0.25) is 10.0 Å². The van der Waals surface area contributed by atoms with Crippen molar-refractivity contribution in [3.05, 3.63) is 74.3 Å².